The number of nitrogens with zero attached hydrogens (tertiary/aromatic N) is 2. The molecule has 1 aliphatic rings. The van der Waals surface area contributed by atoms with Crippen LogP contribution in [0, 0.1) is 0 Å². The molecule has 0 unspecified atom stereocenters. The average Bonchev–Trinajstić information content (AvgIpc) is 2.70. The van der Waals surface area contributed by atoms with Crippen LogP contribution in [0.2, 0.25) is 5.02 Å². The van der Waals surface area contributed by atoms with E-state index in [0.29, 0.717) is 50.9 Å². The first-order valence-corrected chi connectivity index (χ1v) is 10.5. The molecule has 0 saturated carbocycles. The van der Waals surface area contributed by atoms with E-state index in [9.17, 15) is 9.59 Å². The van der Waals surface area contributed by atoms with Crippen molar-refractivity contribution in [1.82, 2.24) is 15.1 Å². The number of ether oxygens (including phenoxy) is 2. The molecule has 1 saturated heterocycles. The van der Waals surface area contributed by atoms with Crippen LogP contribution in [-0.4, -0.2) is 80.8 Å². The fourth-order valence-electron chi connectivity index (χ4n) is 3.34. The van der Waals surface area contributed by atoms with Crippen molar-refractivity contribution in [1.29, 1.82) is 0 Å². The molecule has 0 bridgehead atoms. The van der Waals surface area contributed by atoms with Crippen molar-refractivity contribution < 1.29 is 19.1 Å². The van der Waals surface area contributed by atoms with Crippen LogP contribution < -0.4 is 5.32 Å². The molecule has 1 amide bonds. The Balaban J connectivity index is 1.81. The molecule has 162 valence electrons. The molecule has 0 spiro atoms. The summed E-state index contributed by atoms with van der Waals surface area (Å²) >= 11 is 6.32. The largest absolute Gasteiger partial charge is 0.468 e. The standard InChI is InChI=1S/C21H32ClN3O4/c1-16(2)29-14-6-9-23-19(26)15-24-10-12-25(13-11-24)20(21(27)28-3)17-7-4-5-8-18(17)22/h4-5,7-8,16,20H,6,9-15H2,1-3H3,(H,23,26)/t20-/m0/s1. The molecule has 0 aromatic heterocycles. The number of amides is 1. The van der Waals surface area contributed by atoms with Gasteiger partial charge in [0.2, 0.25) is 5.91 Å². The van der Waals surface area contributed by atoms with E-state index in [1.54, 1.807) is 6.07 Å². The van der Waals surface area contributed by atoms with Crippen LogP contribution in [-0.2, 0) is 19.1 Å². The van der Waals surface area contributed by atoms with Gasteiger partial charge >= 0.3 is 5.97 Å². The van der Waals surface area contributed by atoms with E-state index >= 15 is 0 Å². The van der Waals surface area contributed by atoms with Gasteiger partial charge in [-0.25, -0.2) is 4.79 Å². The van der Waals surface area contributed by atoms with Crippen LogP contribution in [0.4, 0.5) is 0 Å². The zero-order valence-electron chi connectivity index (χ0n) is 17.5. The number of hydrogen-bond donors (Lipinski definition) is 1. The average molecular weight is 426 g/mol. The van der Waals surface area contributed by atoms with Crippen molar-refractivity contribution in [3.8, 4) is 0 Å². The third kappa shape index (κ3) is 7.59. The normalized spacial score (nSPS) is 16.6. The highest BCUT2D eigenvalue weighted by Crippen LogP contribution is 2.29. The lowest BCUT2D eigenvalue weighted by molar-refractivity contribution is -0.148. The van der Waals surface area contributed by atoms with E-state index in [0.717, 1.165) is 12.0 Å². The minimum absolute atomic E-state index is 0.0126. The zero-order valence-corrected chi connectivity index (χ0v) is 18.3. The molecular weight excluding hydrogens is 394 g/mol. The van der Waals surface area contributed by atoms with Crippen LogP contribution in [0.25, 0.3) is 0 Å². The number of methoxy groups -OCH3 is 1. The third-order valence-electron chi connectivity index (χ3n) is 4.86. The topological polar surface area (TPSA) is 71.1 Å². The van der Waals surface area contributed by atoms with Crippen LogP contribution in [0.1, 0.15) is 31.9 Å². The molecule has 2 rings (SSSR count). The molecule has 1 N–H and O–H groups in total. The van der Waals surface area contributed by atoms with Gasteiger partial charge in [0.05, 0.1) is 19.8 Å². The van der Waals surface area contributed by atoms with E-state index in [2.05, 4.69) is 15.1 Å². The fraction of sp³-hybridized carbons (Fsp3) is 0.619. The molecule has 1 aromatic carbocycles. The minimum Gasteiger partial charge on any atom is -0.468 e. The number of benzene rings is 1. The second-order valence-electron chi connectivity index (χ2n) is 7.38. The summed E-state index contributed by atoms with van der Waals surface area (Å²) in [5.74, 6) is -0.313. The summed E-state index contributed by atoms with van der Waals surface area (Å²) in [6, 6.07) is 6.80. The van der Waals surface area contributed by atoms with E-state index in [1.807, 2.05) is 32.0 Å². The van der Waals surface area contributed by atoms with E-state index < -0.39 is 6.04 Å². The summed E-state index contributed by atoms with van der Waals surface area (Å²) < 4.78 is 10.5. The smallest absolute Gasteiger partial charge is 0.327 e. The maximum atomic E-state index is 12.4. The van der Waals surface area contributed by atoms with Crippen molar-refractivity contribution in [3.05, 3.63) is 34.9 Å². The third-order valence-corrected chi connectivity index (χ3v) is 5.20. The van der Waals surface area contributed by atoms with Gasteiger partial charge in [-0.3, -0.25) is 14.6 Å². The van der Waals surface area contributed by atoms with Gasteiger partial charge in [0.1, 0.15) is 6.04 Å². The van der Waals surface area contributed by atoms with E-state index in [1.165, 1.54) is 7.11 Å². The molecule has 1 atom stereocenters. The van der Waals surface area contributed by atoms with E-state index in [4.69, 9.17) is 21.1 Å². The van der Waals surface area contributed by atoms with Crippen LogP contribution in [0.15, 0.2) is 24.3 Å². The Morgan fingerprint density at radius 2 is 1.86 bits per heavy atom. The van der Waals surface area contributed by atoms with Crippen LogP contribution in [0.3, 0.4) is 0 Å². The summed E-state index contributed by atoms with van der Waals surface area (Å²) in [5, 5.41) is 3.48. The molecule has 0 aliphatic carbocycles. The highest BCUT2D eigenvalue weighted by molar-refractivity contribution is 6.31. The van der Waals surface area contributed by atoms with Crippen molar-refractivity contribution in [2.24, 2.45) is 0 Å². The summed E-state index contributed by atoms with van der Waals surface area (Å²) in [6.45, 7) is 8.30. The Morgan fingerprint density at radius 3 is 2.48 bits per heavy atom. The van der Waals surface area contributed by atoms with Gasteiger partial charge in [0, 0.05) is 44.4 Å². The van der Waals surface area contributed by atoms with Gasteiger partial charge in [-0.1, -0.05) is 29.8 Å². The highest BCUT2D eigenvalue weighted by Gasteiger charge is 2.32. The van der Waals surface area contributed by atoms with E-state index in [-0.39, 0.29) is 18.0 Å². The molecule has 1 fully saturated rings. The Hall–Kier alpha value is -1.67. The number of piperazine rings is 1. The molecule has 1 aliphatic heterocycles. The predicted molar refractivity (Wildman–Crippen MR) is 113 cm³/mol. The molecule has 1 heterocycles. The molecule has 29 heavy (non-hydrogen) atoms. The first-order valence-electron chi connectivity index (χ1n) is 10.1. The number of halogens is 1. The number of nitrogens with one attached hydrogen (secondary N) is 1. The minimum atomic E-state index is -0.536. The van der Waals surface area contributed by atoms with Crippen molar-refractivity contribution in [2.45, 2.75) is 32.4 Å². The zero-order chi connectivity index (χ0) is 21.2. The lowest BCUT2D eigenvalue weighted by Crippen LogP contribution is -2.51. The van der Waals surface area contributed by atoms with Gasteiger partial charge in [-0.05, 0) is 31.9 Å². The molecule has 0 radical (unpaired) electrons. The second kappa shape index (κ2) is 12.1. The first kappa shape index (κ1) is 23.6. The van der Waals surface area contributed by atoms with Crippen molar-refractivity contribution >= 4 is 23.5 Å². The number of rotatable bonds is 10. The van der Waals surface area contributed by atoms with Crippen LogP contribution in [0.5, 0.6) is 0 Å². The predicted octanol–water partition coefficient (Wildman–Crippen LogP) is 2.10. The summed E-state index contributed by atoms with van der Waals surface area (Å²) in [6.07, 6.45) is 1.01. The number of carbonyl (C=O) groups excluding carboxylic acids is 2. The number of hydrogen-bond acceptors (Lipinski definition) is 6. The maximum absolute atomic E-state index is 12.4. The Labute approximate surface area is 178 Å². The van der Waals surface area contributed by atoms with Crippen molar-refractivity contribution in [3.63, 3.8) is 0 Å². The van der Waals surface area contributed by atoms with Crippen LogP contribution >= 0.6 is 11.6 Å². The van der Waals surface area contributed by atoms with Gasteiger partial charge in [-0.2, -0.15) is 0 Å². The lowest BCUT2D eigenvalue weighted by Gasteiger charge is -2.38. The Bertz CT molecular complexity index is 663. The van der Waals surface area contributed by atoms with Gasteiger partial charge in [-0.15, -0.1) is 0 Å². The molecule has 8 heteroatoms. The lowest BCUT2D eigenvalue weighted by atomic mass is 10.0. The summed E-state index contributed by atoms with van der Waals surface area (Å²) in [5.41, 5.74) is 0.746. The first-order chi connectivity index (χ1) is 13.9. The van der Waals surface area contributed by atoms with Gasteiger partial charge in [0.15, 0.2) is 0 Å². The number of esters is 1. The molecular formula is C21H32ClN3O4. The van der Waals surface area contributed by atoms with Gasteiger partial charge < -0.3 is 14.8 Å². The summed E-state index contributed by atoms with van der Waals surface area (Å²) in [7, 11) is 1.39. The second-order valence-corrected chi connectivity index (χ2v) is 7.79. The maximum Gasteiger partial charge on any atom is 0.327 e. The Kier molecular flexibility index (Phi) is 9.87. The molecule has 7 nitrogen and oxygen atoms in total. The van der Waals surface area contributed by atoms with Gasteiger partial charge in [0.25, 0.3) is 0 Å². The monoisotopic (exact) mass is 425 g/mol. The quantitative estimate of drug-likeness (QED) is 0.457. The number of carbonyl (C=O) groups is 2. The molecule has 1 aromatic rings. The SMILES string of the molecule is COC(=O)[C@H](c1ccccc1Cl)N1CCN(CC(=O)NCCCOC(C)C)CC1. The highest BCUT2D eigenvalue weighted by atomic mass is 35.5. The Morgan fingerprint density at radius 1 is 1.17 bits per heavy atom. The van der Waals surface area contributed by atoms with Crippen molar-refractivity contribution in [2.75, 3.05) is 53.0 Å². The summed E-state index contributed by atoms with van der Waals surface area (Å²) in [4.78, 5) is 28.7. The fourth-order valence-corrected chi connectivity index (χ4v) is 3.58.